The number of hydrogen-bond acceptors (Lipinski definition) is 1. The minimum absolute atomic E-state index is 0.806. The molecule has 0 unspecified atom stereocenters. The van der Waals surface area contributed by atoms with E-state index in [-0.39, 0.29) is 0 Å². The van der Waals surface area contributed by atoms with E-state index in [0.717, 1.165) is 29.7 Å². The van der Waals surface area contributed by atoms with Crippen LogP contribution in [0.3, 0.4) is 0 Å². The standard InChI is InChI=1S/C23H27N/c1-6-8-22-21(9-7-10-23(22)24)20-14-13-19(15-18(20)5)17(4)12-11-16(2)3/h6-10,13-15H,2,4,11-12,24H2,1,3,5H3/b8-6-. The molecule has 24 heavy (non-hydrogen) atoms. The minimum Gasteiger partial charge on any atom is -0.398 e. The Morgan fingerprint density at radius 2 is 1.83 bits per heavy atom. The van der Waals surface area contributed by atoms with Crippen LogP contribution >= 0.6 is 0 Å². The maximum absolute atomic E-state index is 6.17. The second-order valence-corrected chi connectivity index (χ2v) is 6.40. The number of aryl methyl sites for hydroxylation is 1. The van der Waals surface area contributed by atoms with Gasteiger partial charge in [-0.05, 0) is 67.5 Å². The van der Waals surface area contributed by atoms with E-state index in [1.54, 1.807) is 0 Å². The van der Waals surface area contributed by atoms with Gasteiger partial charge in [0.25, 0.3) is 0 Å². The highest BCUT2D eigenvalue weighted by atomic mass is 14.6. The maximum Gasteiger partial charge on any atom is 0.0393 e. The summed E-state index contributed by atoms with van der Waals surface area (Å²) in [5.41, 5.74) is 15.2. The summed E-state index contributed by atoms with van der Waals surface area (Å²) in [6.45, 7) is 14.4. The first kappa shape index (κ1) is 17.8. The van der Waals surface area contributed by atoms with Crippen molar-refractivity contribution in [2.24, 2.45) is 0 Å². The molecule has 0 aromatic heterocycles. The third-order valence-electron chi connectivity index (χ3n) is 4.25. The molecule has 0 heterocycles. The van der Waals surface area contributed by atoms with Crippen molar-refractivity contribution in [3.05, 3.63) is 77.9 Å². The molecule has 1 nitrogen and oxygen atoms in total. The van der Waals surface area contributed by atoms with Crippen LogP contribution in [0.5, 0.6) is 0 Å². The minimum atomic E-state index is 0.806. The molecule has 0 spiro atoms. The van der Waals surface area contributed by atoms with E-state index < -0.39 is 0 Å². The zero-order valence-electron chi connectivity index (χ0n) is 15.0. The van der Waals surface area contributed by atoms with Gasteiger partial charge in [-0.25, -0.2) is 0 Å². The van der Waals surface area contributed by atoms with Gasteiger partial charge >= 0.3 is 0 Å². The second kappa shape index (κ2) is 7.83. The summed E-state index contributed by atoms with van der Waals surface area (Å²) in [6, 6.07) is 12.6. The summed E-state index contributed by atoms with van der Waals surface area (Å²) >= 11 is 0. The molecule has 0 saturated heterocycles. The van der Waals surface area contributed by atoms with Gasteiger partial charge in [0.05, 0.1) is 0 Å². The second-order valence-electron chi connectivity index (χ2n) is 6.40. The lowest BCUT2D eigenvalue weighted by molar-refractivity contribution is 1.000. The first-order valence-electron chi connectivity index (χ1n) is 8.38. The normalized spacial score (nSPS) is 11.0. The Bertz CT molecular complexity index is 794. The van der Waals surface area contributed by atoms with Crippen molar-refractivity contribution in [1.29, 1.82) is 0 Å². The van der Waals surface area contributed by atoms with Crippen LogP contribution in [-0.2, 0) is 0 Å². The fourth-order valence-electron chi connectivity index (χ4n) is 2.87. The summed E-state index contributed by atoms with van der Waals surface area (Å²) in [6.07, 6.45) is 6.04. The third kappa shape index (κ3) is 4.05. The van der Waals surface area contributed by atoms with Crippen LogP contribution in [0.4, 0.5) is 5.69 Å². The highest BCUT2D eigenvalue weighted by molar-refractivity contribution is 5.84. The van der Waals surface area contributed by atoms with Gasteiger partial charge in [0.15, 0.2) is 0 Å². The van der Waals surface area contributed by atoms with Crippen molar-refractivity contribution in [3.8, 4) is 11.1 Å². The summed E-state index contributed by atoms with van der Waals surface area (Å²) in [4.78, 5) is 0. The molecule has 0 radical (unpaired) electrons. The number of nitrogen functional groups attached to an aromatic ring is 1. The van der Waals surface area contributed by atoms with Gasteiger partial charge in [0.1, 0.15) is 0 Å². The zero-order chi connectivity index (χ0) is 17.7. The predicted octanol–water partition coefficient (Wildman–Crippen LogP) is 6.65. The molecule has 0 amide bonds. The molecular formula is C23H27N. The highest BCUT2D eigenvalue weighted by Crippen LogP contribution is 2.33. The molecule has 0 bridgehead atoms. The van der Waals surface area contributed by atoms with Gasteiger partial charge in [-0.15, -0.1) is 6.58 Å². The molecule has 0 aliphatic carbocycles. The van der Waals surface area contributed by atoms with Crippen LogP contribution < -0.4 is 5.73 Å². The lowest BCUT2D eigenvalue weighted by atomic mass is 9.91. The van der Waals surface area contributed by atoms with Gasteiger partial charge in [-0.1, -0.05) is 54.6 Å². The topological polar surface area (TPSA) is 26.0 Å². The molecule has 124 valence electrons. The Balaban J connectivity index is 2.39. The molecular weight excluding hydrogens is 290 g/mol. The Morgan fingerprint density at radius 3 is 2.46 bits per heavy atom. The lowest BCUT2D eigenvalue weighted by Gasteiger charge is -2.14. The van der Waals surface area contributed by atoms with Gasteiger partial charge in [-0.3, -0.25) is 0 Å². The summed E-state index contributed by atoms with van der Waals surface area (Å²) in [7, 11) is 0. The van der Waals surface area contributed by atoms with E-state index >= 15 is 0 Å². The third-order valence-corrected chi connectivity index (χ3v) is 4.25. The maximum atomic E-state index is 6.17. The SMILES string of the molecule is C=C(C)CCC(=C)c1ccc(-c2cccc(N)c2/C=C\C)c(C)c1. The summed E-state index contributed by atoms with van der Waals surface area (Å²) in [5, 5.41) is 0. The largest absolute Gasteiger partial charge is 0.398 e. The Labute approximate surface area is 146 Å². The molecule has 2 N–H and O–H groups in total. The van der Waals surface area contributed by atoms with Crippen molar-refractivity contribution in [2.45, 2.75) is 33.6 Å². The van der Waals surface area contributed by atoms with Gasteiger partial charge in [-0.2, -0.15) is 0 Å². The van der Waals surface area contributed by atoms with Crippen LogP contribution in [0.1, 0.15) is 43.4 Å². The van der Waals surface area contributed by atoms with E-state index in [1.165, 1.54) is 27.8 Å². The molecule has 0 aliphatic heterocycles. The first-order chi connectivity index (χ1) is 11.4. The molecule has 2 aromatic rings. The zero-order valence-corrected chi connectivity index (χ0v) is 15.0. The molecule has 0 fully saturated rings. The molecule has 2 rings (SSSR count). The summed E-state index contributed by atoms with van der Waals surface area (Å²) in [5.74, 6) is 0. The number of anilines is 1. The number of allylic oxidation sites excluding steroid dienone is 3. The molecule has 0 atom stereocenters. The van der Waals surface area contributed by atoms with Crippen molar-refractivity contribution >= 4 is 17.3 Å². The average molecular weight is 317 g/mol. The molecule has 0 aliphatic rings. The van der Waals surface area contributed by atoms with Crippen LogP contribution in [0, 0.1) is 6.92 Å². The average Bonchev–Trinajstić information content (AvgIpc) is 2.54. The van der Waals surface area contributed by atoms with Gasteiger partial charge in [0.2, 0.25) is 0 Å². The Kier molecular flexibility index (Phi) is 5.81. The number of hydrogen-bond donors (Lipinski definition) is 1. The van der Waals surface area contributed by atoms with E-state index in [9.17, 15) is 0 Å². The smallest absolute Gasteiger partial charge is 0.0393 e. The fourth-order valence-corrected chi connectivity index (χ4v) is 2.87. The van der Waals surface area contributed by atoms with Crippen molar-refractivity contribution in [2.75, 3.05) is 5.73 Å². The van der Waals surface area contributed by atoms with Crippen molar-refractivity contribution < 1.29 is 0 Å². The van der Waals surface area contributed by atoms with E-state index in [4.69, 9.17) is 5.73 Å². The number of rotatable bonds is 6. The van der Waals surface area contributed by atoms with Gasteiger partial charge < -0.3 is 5.73 Å². The monoisotopic (exact) mass is 317 g/mol. The van der Waals surface area contributed by atoms with Crippen LogP contribution in [-0.4, -0.2) is 0 Å². The van der Waals surface area contributed by atoms with E-state index in [0.29, 0.717) is 0 Å². The van der Waals surface area contributed by atoms with Gasteiger partial charge in [0, 0.05) is 11.3 Å². The lowest BCUT2D eigenvalue weighted by Crippen LogP contribution is -1.95. The Morgan fingerprint density at radius 1 is 1.08 bits per heavy atom. The molecule has 0 saturated carbocycles. The molecule has 1 heteroatoms. The summed E-state index contributed by atoms with van der Waals surface area (Å²) < 4.78 is 0. The first-order valence-corrected chi connectivity index (χ1v) is 8.38. The van der Waals surface area contributed by atoms with E-state index in [2.05, 4.69) is 57.3 Å². The number of benzene rings is 2. The quantitative estimate of drug-likeness (QED) is 0.468. The predicted molar refractivity (Wildman–Crippen MR) is 109 cm³/mol. The van der Waals surface area contributed by atoms with Crippen LogP contribution in [0.25, 0.3) is 22.8 Å². The van der Waals surface area contributed by atoms with Crippen molar-refractivity contribution in [3.63, 3.8) is 0 Å². The van der Waals surface area contributed by atoms with Crippen LogP contribution in [0.2, 0.25) is 0 Å². The molecule has 2 aromatic carbocycles. The highest BCUT2D eigenvalue weighted by Gasteiger charge is 2.10. The Hall–Kier alpha value is -2.54. The van der Waals surface area contributed by atoms with E-state index in [1.807, 2.05) is 25.1 Å². The fraction of sp³-hybridized carbons (Fsp3) is 0.217. The van der Waals surface area contributed by atoms with Crippen LogP contribution in [0.15, 0.2) is 61.2 Å². The van der Waals surface area contributed by atoms with Crippen molar-refractivity contribution in [1.82, 2.24) is 0 Å². The number of nitrogens with two attached hydrogens (primary N) is 1.